The molecule has 0 saturated carbocycles. The lowest BCUT2D eigenvalue weighted by Gasteiger charge is -2.37. The Balaban J connectivity index is 3.47. The second kappa shape index (κ2) is 14.4. The van der Waals surface area contributed by atoms with E-state index in [1.54, 1.807) is 25.7 Å². The van der Waals surface area contributed by atoms with Crippen molar-refractivity contribution in [2.45, 2.75) is 125 Å². The molecule has 0 aliphatic heterocycles. The maximum absolute atomic E-state index is 14.2. The summed E-state index contributed by atoms with van der Waals surface area (Å²) in [6.45, 7) is 19.5. The second-order valence-electron chi connectivity index (χ2n) is 12.4. The highest BCUT2D eigenvalue weighted by Crippen LogP contribution is 2.26. The molecule has 0 aliphatic rings. The molecule has 210 valence electrons. The van der Waals surface area contributed by atoms with Crippen molar-refractivity contribution in [3.05, 3.63) is 35.4 Å². The molecule has 0 radical (unpaired) electrons. The highest BCUT2D eigenvalue weighted by atomic mass is 16.6. The van der Waals surface area contributed by atoms with Crippen molar-refractivity contribution in [2.75, 3.05) is 6.54 Å². The van der Waals surface area contributed by atoms with E-state index in [9.17, 15) is 14.4 Å². The van der Waals surface area contributed by atoms with Gasteiger partial charge in [-0.25, -0.2) is 4.79 Å². The number of carbonyl (C=O) groups is 3. The Hall–Kier alpha value is -2.57. The van der Waals surface area contributed by atoms with Crippen LogP contribution in [0.5, 0.6) is 0 Å². The van der Waals surface area contributed by atoms with Crippen molar-refractivity contribution in [2.24, 2.45) is 5.92 Å². The first kappa shape index (κ1) is 32.5. The normalized spacial score (nSPS) is 13.6. The summed E-state index contributed by atoms with van der Waals surface area (Å²) in [5.74, 6) is -0.724. The molecule has 1 aromatic rings. The van der Waals surface area contributed by atoms with Crippen LogP contribution in [0.4, 0.5) is 4.79 Å². The van der Waals surface area contributed by atoms with Crippen LogP contribution in [0.15, 0.2) is 24.3 Å². The summed E-state index contributed by atoms with van der Waals surface area (Å²) >= 11 is 0. The number of amides is 3. The zero-order valence-corrected chi connectivity index (χ0v) is 24.9. The van der Waals surface area contributed by atoms with Gasteiger partial charge in [-0.05, 0) is 66.4 Å². The average molecular weight is 518 g/mol. The number of carbonyl (C=O) groups excluding carboxylic acids is 3. The minimum atomic E-state index is -0.833. The SMILES string of the molecule is CCCCCCCN(C(=O)C(NC(=O)OC(C)(C)C)C(C)C)C(C(=O)NC(C)(C)C)c1cccc(C)c1. The van der Waals surface area contributed by atoms with Crippen LogP contribution in [0.25, 0.3) is 0 Å². The van der Waals surface area contributed by atoms with Gasteiger partial charge in [0.15, 0.2) is 0 Å². The quantitative estimate of drug-likeness (QED) is 0.319. The third-order valence-electron chi connectivity index (χ3n) is 5.81. The predicted molar refractivity (Wildman–Crippen MR) is 150 cm³/mol. The van der Waals surface area contributed by atoms with Crippen molar-refractivity contribution < 1.29 is 19.1 Å². The first-order valence-corrected chi connectivity index (χ1v) is 13.7. The average Bonchev–Trinajstić information content (AvgIpc) is 2.73. The zero-order valence-electron chi connectivity index (χ0n) is 24.9. The van der Waals surface area contributed by atoms with E-state index in [0.29, 0.717) is 6.54 Å². The second-order valence-corrected chi connectivity index (χ2v) is 12.4. The monoisotopic (exact) mass is 517 g/mol. The fraction of sp³-hybridized carbons (Fsp3) is 0.700. The smallest absolute Gasteiger partial charge is 0.408 e. The van der Waals surface area contributed by atoms with E-state index in [-0.39, 0.29) is 17.7 Å². The lowest BCUT2D eigenvalue weighted by atomic mass is 9.96. The van der Waals surface area contributed by atoms with Gasteiger partial charge >= 0.3 is 6.09 Å². The number of nitrogens with one attached hydrogen (secondary N) is 2. The molecular weight excluding hydrogens is 466 g/mol. The summed E-state index contributed by atoms with van der Waals surface area (Å²) in [4.78, 5) is 42.2. The summed E-state index contributed by atoms with van der Waals surface area (Å²) in [7, 11) is 0. The Bertz CT molecular complexity index is 884. The minimum absolute atomic E-state index is 0.202. The molecule has 1 aromatic carbocycles. The Labute approximate surface area is 225 Å². The molecule has 0 fully saturated rings. The van der Waals surface area contributed by atoms with E-state index < -0.39 is 29.3 Å². The van der Waals surface area contributed by atoms with Crippen LogP contribution in [0.2, 0.25) is 0 Å². The summed E-state index contributed by atoms with van der Waals surface area (Å²) in [6, 6.07) is 6.07. The van der Waals surface area contributed by atoms with Gasteiger partial charge in [-0.1, -0.05) is 76.3 Å². The Kier molecular flexibility index (Phi) is 12.6. The molecule has 0 aliphatic carbocycles. The fourth-order valence-electron chi connectivity index (χ4n) is 4.13. The maximum Gasteiger partial charge on any atom is 0.408 e. The van der Waals surface area contributed by atoms with Crippen molar-refractivity contribution in [1.29, 1.82) is 0 Å². The van der Waals surface area contributed by atoms with Gasteiger partial charge in [-0.2, -0.15) is 0 Å². The molecule has 7 heteroatoms. The topological polar surface area (TPSA) is 87.7 Å². The molecule has 0 heterocycles. The van der Waals surface area contributed by atoms with Crippen LogP contribution < -0.4 is 10.6 Å². The van der Waals surface area contributed by atoms with Gasteiger partial charge in [0.05, 0.1) is 0 Å². The molecule has 0 saturated heterocycles. The molecule has 7 nitrogen and oxygen atoms in total. The van der Waals surface area contributed by atoms with Crippen molar-refractivity contribution >= 4 is 17.9 Å². The molecule has 0 aromatic heterocycles. The fourth-order valence-corrected chi connectivity index (χ4v) is 4.13. The van der Waals surface area contributed by atoms with Gasteiger partial charge < -0.3 is 20.3 Å². The molecule has 37 heavy (non-hydrogen) atoms. The van der Waals surface area contributed by atoms with Crippen LogP contribution in [0.1, 0.15) is 112 Å². The van der Waals surface area contributed by atoms with Gasteiger partial charge in [-0.3, -0.25) is 9.59 Å². The summed E-state index contributed by atoms with van der Waals surface area (Å²) in [5.41, 5.74) is 0.600. The van der Waals surface area contributed by atoms with Gasteiger partial charge in [0, 0.05) is 12.1 Å². The maximum atomic E-state index is 14.2. The van der Waals surface area contributed by atoms with E-state index in [1.807, 2.05) is 65.8 Å². The number of hydrogen-bond donors (Lipinski definition) is 2. The van der Waals surface area contributed by atoms with Crippen LogP contribution in [0.3, 0.4) is 0 Å². The largest absolute Gasteiger partial charge is 0.444 e. The van der Waals surface area contributed by atoms with Gasteiger partial charge in [0.25, 0.3) is 0 Å². The number of alkyl carbamates (subject to hydrolysis) is 1. The summed E-state index contributed by atoms with van der Waals surface area (Å²) < 4.78 is 5.45. The highest BCUT2D eigenvalue weighted by Gasteiger charge is 2.38. The third-order valence-corrected chi connectivity index (χ3v) is 5.81. The van der Waals surface area contributed by atoms with Crippen LogP contribution >= 0.6 is 0 Å². The van der Waals surface area contributed by atoms with E-state index in [2.05, 4.69) is 17.6 Å². The van der Waals surface area contributed by atoms with E-state index in [4.69, 9.17) is 4.74 Å². The third kappa shape index (κ3) is 12.0. The van der Waals surface area contributed by atoms with Crippen LogP contribution in [0, 0.1) is 12.8 Å². The molecular formula is C30H51N3O4. The summed E-state index contributed by atoms with van der Waals surface area (Å²) in [6.07, 6.45) is 4.42. The lowest BCUT2D eigenvalue weighted by molar-refractivity contribution is -0.144. The van der Waals surface area contributed by atoms with Gasteiger partial charge in [0.1, 0.15) is 17.7 Å². The number of nitrogens with zero attached hydrogens (tertiary/aromatic N) is 1. The number of benzene rings is 1. The molecule has 2 atom stereocenters. The molecule has 1 rings (SSSR count). The lowest BCUT2D eigenvalue weighted by Crippen LogP contribution is -2.56. The first-order valence-electron chi connectivity index (χ1n) is 13.7. The number of aryl methyl sites for hydroxylation is 1. The van der Waals surface area contributed by atoms with E-state index in [1.165, 1.54) is 0 Å². The molecule has 0 spiro atoms. The van der Waals surface area contributed by atoms with E-state index in [0.717, 1.165) is 43.2 Å². The van der Waals surface area contributed by atoms with Crippen molar-refractivity contribution in [1.82, 2.24) is 15.5 Å². The molecule has 0 bridgehead atoms. The van der Waals surface area contributed by atoms with Gasteiger partial charge in [-0.15, -0.1) is 0 Å². The summed E-state index contributed by atoms with van der Waals surface area (Å²) in [5, 5.41) is 5.86. The minimum Gasteiger partial charge on any atom is -0.444 e. The molecule has 3 amide bonds. The van der Waals surface area contributed by atoms with Crippen molar-refractivity contribution in [3.8, 4) is 0 Å². The number of unbranched alkanes of at least 4 members (excludes halogenated alkanes) is 4. The van der Waals surface area contributed by atoms with Gasteiger partial charge in [0.2, 0.25) is 11.8 Å². The van der Waals surface area contributed by atoms with Crippen LogP contribution in [-0.4, -0.2) is 46.5 Å². The zero-order chi connectivity index (χ0) is 28.4. The standard InChI is InChI=1S/C30H51N3O4/c1-11-12-13-14-15-19-33(27(35)24(21(2)3)31-28(36)37-30(8,9)10)25(26(34)32-29(5,6)7)23-18-16-17-22(4)20-23/h16-18,20-21,24-25H,11-15,19H2,1-10H3,(H,31,36)(H,32,34). The first-order chi connectivity index (χ1) is 17.1. The van der Waals surface area contributed by atoms with Crippen molar-refractivity contribution in [3.63, 3.8) is 0 Å². The number of ether oxygens (including phenoxy) is 1. The predicted octanol–water partition coefficient (Wildman–Crippen LogP) is 6.30. The Morgan fingerprint density at radius 1 is 0.973 bits per heavy atom. The molecule has 2 unspecified atom stereocenters. The van der Waals surface area contributed by atoms with Crippen LogP contribution in [-0.2, 0) is 14.3 Å². The number of hydrogen-bond acceptors (Lipinski definition) is 4. The Morgan fingerprint density at radius 2 is 1.59 bits per heavy atom. The van der Waals surface area contributed by atoms with E-state index >= 15 is 0 Å². The number of rotatable bonds is 12. The highest BCUT2D eigenvalue weighted by molar-refractivity contribution is 5.92. The molecule has 2 N–H and O–H groups in total. The Morgan fingerprint density at radius 3 is 2.11 bits per heavy atom.